The second-order valence-electron chi connectivity index (χ2n) is 5.44. The van der Waals surface area contributed by atoms with Crippen molar-refractivity contribution in [2.75, 3.05) is 19.0 Å². The van der Waals surface area contributed by atoms with Crippen molar-refractivity contribution in [1.29, 1.82) is 0 Å². The number of ether oxygens (including phenoxy) is 1. The van der Waals surface area contributed by atoms with Gasteiger partial charge in [-0.1, -0.05) is 24.4 Å². The molecule has 0 aliphatic heterocycles. The highest BCUT2D eigenvalue weighted by atomic mass is 79.9. The van der Waals surface area contributed by atoms with E-state index in [1.807, 2.05) is 18.2 Å². The van der Waals surface area contributed by atoms with Crippen molar-refractivity contribution in [3.05, 3.63) is 27.7 Å². The Bertz CT molecular complexity index is 506. The molecule has 2 N–H and O–H groups in total. The van der Waals surface area contributed by atoms with E-state index in [0.29, 0.717) is 10.1 Å². The topological polar surface area (TPSA) is 33.3 Å². The van der Waals surface area contributed by atoms with Crippen molar-refractivity contribution in [3.8, 4) is 0 Å². The van der Waals surface area contributed by atoms with Gasteiger partial charge in [-0.25, -0.2) is 0 Å². The van der Waals surface area contributed by atoms with Gasteiger partial charge in [0.15, 0.2) is 5.11 Å². The first kappa shape index (κ1) is 17.0. The largest absolute Gasteiger partial charge is 0.385 e. The summed E-state index contributed by atoms with van der Waals surface area (Å²) in [5.41, 5.74) is 0.958. The number of halogens is 2. The quantitative estimate of drug-likeness (QED) is 0.710. The van der Waals surface area contributed by atoms with Gasteiger partial charge in [-0.15, -0.1) is 0 Å². The summed E-state index contributed by atoms with van der Waals surface area (Å²) in [5, 5.41) is 8.02. The molecule has 0 bridgehead atoms. The first-order chi connectivity index (χ1) is 10.0. The van der Waals surface area contributed by atoms with E-state index in [1.165, 1.54) is 12.8 Å². The Morgan fingerprint density at radius 2 is 2.14 bits per heavy atom. The van der Waals surface area contributed by atoms with Crippen LogP contribution in [0.1, 0.15) is 32.1 Å². The molecule has 0 heterocycles. The maximum atomic E-state index is 6.10. The van der Waals surface area contributed by atoms with Crippen molar-refractivity contribution in [2.24, 2.45) is 0 Å². The Kier molecular flexibility index (Phi) is 6.29. The summed E-state index contributed by atoms with van der Waals surface area (Å²) in [6.07, 6.45) is 5.73. The van der Waals surface area contributed by atoms with Crippen LogP contribution in [0, 0.1) is 0 Å². The van der Waals surface area contributed by atoms with Crippen molar-refractivity contribution in [2.45, 2.75) is 37.6 Å². The minimum Gasteiger partial charge on any atom is -0.385 e. The standard InChI is InChI=1S/C15H20BrClN2OS/c1-20-9-8-15(6-2-3-7-15)19-14(21)18-11-4-5-12(16)13(17)10-11/h4-5,10H,2-3,6-9H2,1H3,(H2,18,19,21). The predicted octanol–water partition coefficient (Wildman–Crippen LogP) is 4.74. The molecule has 0 atom stereocenters. The summed E-state index contributed by atoms with van der Waals surface area (Å²) in [7, 11) is 1.74. The number of rotatable bonds is 5. The zero-order valence-electron chi connectivity index (χ0n) is 12.0. The van der Waals surface area contributed by atoms with E-state index in [4.69, 9.17) is 28.6 Å². The first-order valence-electron chi connectivity index (χ1n) is 7.08. The molecule has 1 aromatic carbocycles. The Hall–Kier alpha value is -0.360. The van der Waals surface area contributed by atoms with Crippen LogP contribution in [0.3, 0.4) is 0 Å². The maximum absolute atomic E-state index is 6.10. The van der Waals surface area contributed by atoms with Crippen molar-refractivity contribution >= 4 is 50.5 Å². The predicted molar refractivity (Wildman–Crippen MR) is 96.2 cm³/mol. The zero-order chi connectivity index (χ0) is 15.3. The Labute approximate surface area is 144 Å². The van der Waals surface area contributed by atoms with Crippen LogP contribution in [-0.2, 0) is 4.74 Å². The molecule has 3 nitrogen and oxygen atoms in total. The third-order valence-corrected chi connectivity index (χ3v) is 5.34. The van der Waals surface area contributed by atoms with Crippen LogP contribution in [0.25, 0.3) is 0 Å². The molecule has 1 aliphatic carbocycles. The number of thiocarbonyl (C=S) groups is 1. The molecule has 0 aromatic heterocycles. The number of hydrogen-bond donors (Lipinski definition) is 2. The van der Waals surface area contributed by atoms with Crippen molar-refractivity contribution in [1.82, 2.24) is 5.32 Å². The SMILES string of the molecule is COCCC1(NC(=S)Nc2ccc(Br)c(Cl)c2)CCCC1. The minimum atomic E-state index is 0.0687. The fourth-order valence-electron chi connectivity index (χ4n) is 2.76. The smallest absolute Gasteiger partial charge is 0.171 e. The van der Waals surface area contributed by atoms with Gasteiger partial charge in [0.1, 0.15) is 0 Å². The molecule has 1 saturated carbocycles. The Balaban J connectivity index is 1.97. The molecular formula is C15H20BrClN2OS. The summed E-state index contributed by atoms with van der Waals surface area (Å²) in [6.45, 7) is 0.750. The summed E-state index contributed by atoms with van der Waals surface area (Å²) in [5.74, 6) is 0. The molecule has 116 valence electrons. The molecule has 0 amide bonds. The molecule has 0 radical (unpaired) electrons. The number of methoxy groups -OCH3 is 1. The minimum absolute atomic E-state index is 0.0687. The lowest BCUT2D eigenvalue weighted by Crippen LogP contribution is -2.48. The van der Waals surface area contributed by atoms with E-state index in [1.54, 1.807) is 7.11 Å². The lowest BCUT2D eigenvalue weighted by molar-refractivity contribution is 0.163. The summed E-state index contributed by atoms with van der Waals surface area (Å²) >= 11 is 14.9. The zero-order valence-corrected chi connectivity index (χ0v) is 15.2. The number of nitrogens with one attached hydrogen (secondary N) is 2. The van der Waals surface area contributed by atoms with E-state index < -0.39 is 0 Å². The van der Waals surface area contributed by atoms with Crippen LogP contribution < -0.4 is 10.6 Å². The molecule has 1 aromatic rings. The second kappa shape index (κ2) is 7.77. The van der Waals surface area contributed by atoms with Crippen molar-refractivity contribution < 1.29 is 4.74 Å². The van der Waals surface area contributed by atoms with Gasteiger partial charge in [-0.3, -0.25) is 0 Å². The third-order valence-electron chi connectivity index (χ3n) is 3.90. The number of benzene rings is 1. The average molecular weight is 392 g/mol. The molecule has 1 aliphatic rings. The lowest BCUT2D eigenvalue weighted by atomic mass is 9.94. The van der Waals surface area contributed by atoms with Crippen molar-refractivity contribution in [3.63, 3.8) is 0 Å². The van der Waals surface area contributed by atoms with E-state index in [-0.39, 0.29) is 5.54 Å². The van der Waals surface area contributed by atoms with Crippen LogP contribution in [0.2, 0.25) is 5.02 Å². The Morgan fingerprint density at radius 1 is 1.43 bits per heavy atom. The fraction of sp³-hybridized carbons (Fsp3) is 0.533. The second-order valence-corrected chi connectivity index (χ2v) is 7.11. The van der Waals surface area contributed by atoms with Crippen LogP contribution in [-0.4, -0.2) is 24.4 Å². The van der Waals surface area contributed by atoms with Gasteiger partial charge in [0.2, 0.25) is 0 Å². The lowest BCUT2D eigenvalue weighted by Gasteiger charge is -2.31. The van der Waals surface area contributed by atoms with Gasteiger partial charge in [-0.2, -0.15) is 0 Å². The van der Waals surface area contributed by atoms with Gasteiger partial charge >= 0.3 is 0 Å². The van der Waals surface area contributed by atoms with E-state index in [9.17, 15) is 0 Å². The highest BCUT2D eigenvalue weighted by Gasteiger charge is 2.33. The van der Waals surface area contributed by atoms with E-state index >= 15 is 0 Å². The van der Waals surface area contributed by atoms with E-state index in [0.717, 1.165) is 36.0 Å². The molecule has 6 heteroatoms. The van der Waals surface area contributed by atoms with Crippen LogP contribution in [0.5, 0.6) is 0 Å². The summed E-state index contributed by atoms with van der Waals surface area (Å²) < 4.78 is 6.11. The van der Waals surface area contributed by atoms with Crippen LogP contribution >= 0.6 is 39.7 Å². The first-order valence-corrected chi connectivity index (χ1v) is 8.66. The molecule has 2 rings (SSSR count). The van der Waals surface area contributed by atoms with Gasteiger partial charge in [0, 0.05) is 29.4 Å². The van der Waals surface area contributed by atoms with Gasteiger partial charge in [0.25, 0.3) is 0 Å². The molecule has 21 heavy (non-hydrogen) atoms. The van der Waals surface area contributed by atoms with Crippen LogP contribution in [0.4, 0.5) is 5.69 Å². The van der Waals surface area contributed by atoms with Gasteiger partial charge < -0.3 is 15.4 Å². The molecular weight excluding hydrogens is 372 g/mol. The normalized spacial score (nSPS) is 16.7. The maximum Gasteiger partial charge on any atom is 0.171 e. The molecule has 0 spiro atoms. The number of hydrogen-bond acceptors (Lipinski definition) is 2. The summed E-state index contributed by atoms with van der Waals surface area (Å²) in [4.78, 5) is 0. The highest BCUT2D eigenvalue weighted by molar-refractivity contribution is 9.10. The summed E-state index contributed by atoms with van der Waals surface area (Å²) in [6, 6.07) is 5.71. The molecule has 0 unspecified atom stereocenters. The van der Waals surface area contributed by atoms with E-state index in [2.05, 4.69) is 26.6 Å². The van der Waals surface area contributed by atoms with Gasteiger partial charge in [0.05, 0.1) is 5.02 Å². The van der Waals surface area contributed by atoms with Crippen LogP contribution in [0.15, 0.2) is 22.7 Å². The molecule has 1 fully saturated rings. The fourth-order valence-corrected chi connectivity index (χ4v) is 3.53. The third kappa shape index (κ3) is 4.81. The monoisotopic (exact) mass is 390 g/mol. The molecule has 0 saturated heterocycles. The van der Waals surface area contributed by atoms with Gasteiger partial charge in [-0.05, 0) is 65.6 Å². The average Bonchev–Trinajstić information content (AvgIpc) is 2.89. The number of anilines is 1. The highest BCUT2D eigenvalue weighted by Crippen LogP contribution is 2.33. The Morgan fingerprint density at radius 3 is 2.76 bits per heavy atom.